The van der Waals surface area contributed by atoms with Crippen LogP contribution in [0.1, 0.15) is 23.2 Å². The van der Waals surface area contributed by atoms with Gasteiger partial charge in [0.25, 0.3) is 0 Å². The van der Waals surface area contributed by atoms with Crippen LogP contribution >= 0.6 is 0 Å². The highest BCUT2D eigenvalue weighted by molar-refractivity contribution is 5.66. The van der Waals surface area contributed by atoms with Gasteiger partial charge >= 0.3 is 0 Å². The lowest BCUT2D eigenvalue weighted by Crippen LogP contribution is -2.31. The predicted molar refractivity (Wildman–Crippen MR) is 73.4 cm³/mol. The standard InChI is InChI=1S/C15H19N3/c1-10-3-5-13(11(2)7-10)15-14-6-4-12(16)8-18(14)9-17-15/h3,5,7,9,12H,4,6,8,16H2,1-2H3. The molecule has 1 aliphatic heterocycles. The summed E-state index contributed by atoms with van der Waals surface area (Å²) in [5.41, 5.74) is 12.3. The molecule has 0 amide bonds. The maximum Gasteiger partial charge on any atom is 0.0956 e. The van der Waals surface area contributed by atoms with E-state index in [-0.39, 0.29) is 6.04 Å². The number of rotatable bonds is 1. The Morgan fingerprint density at radius 2 is 2.17 bits per heavy atom. The first-order valence-corrected chi connectivity index (χ1v) is 6.52. The average molecular weight is 241 g/mol. The molecule has 94 valence electrons. The number of benzene rings is 1. The van der Waals surface area contributed by atoms with Crippen molar-refractivity contribution < 1.29 is 0 Å². The second-order valence-corrected chi connectivity index (χ2v) is 5.31. The van der Waals surface area contributed by atoms with E-state index in [0.29, 0.717) is 0 Å². The Bertz CT molecular complexity index is 583. The molecule has 0 saturated carbocycles. The van der Waals surface area contributed by atoms with Gasteiger partial charge in [-0.15, -0.1) is 0 Å². The van der Waals surface area contributed by atoms with Crippen LogP contribution in [0, 0.1) is 13.8 Å². The number of hydrogen-bond donors (Lipinski definition) is 1. The van der Waals surface area contributed by atoms with Gasteiger partial charge in [-0.3, -0.25) is 0 Å². The second-order valence-electron chi connectivity index (χ2n) is 5.31. The summed E-state index contributed by atoms with van der Waals surface area (Å²) in [6.07, 6.45) is 4.02. The Morgan fingerprint density at radius 3 is 2.94 bits per heavy atom. The molecule has 0 spiro atoms. The van der Waals surface area contributed by atoms with Crippen molar-refractivity contribution in [2.45, 2.75) is 39.3 Å². The summed E-state index contributed by atoms with van der Waals surface area (Å²) in [4.78, 5) is 4.60. The molecule has 1 aromatic carbocycles. The smallest absolute Gasteiger partial charge is 0.0956 e. The van der Waals surface area contributed by atoms with Gasteiger partial charge in [-0.05, 0) is 32.3 Å². The molecule has 2 heterocycles. The van der Waals surface area contributed by atoms with E-state index in [9.17, 15) is 0 Å². The van der Waals surface area contributed by atoms with E-state index in [1.807, 2.05) is 6.33 Å². The number of nitrogens with two attached hydrogens (primary N) is 1. The summed E-state index contributed by atoms with van der Waals surface area (Å²) >= 11 is 0. The molecule has 1 unspecified atom stereocenters. The maximum absolute atomic E-state index is 6.00. The molecular formula is C15H19N3. The molecule has 0 saturated heterocycles. The summed E-state index contributed by atoms with van der Waals surface area (Å²) in [6.45, 7) is 5.17. The van der Waals surface area contributed by atoms with E-state index in [2.05, 4.69) is 41.6 Å². The highest BCUT2D eigenvalue weighted by atomic mass is 15.1. The minimum absolute atomic E-state index is 0.277. The van der Waals surface area contributed by atoms with E-state index in [4.69, 9.17) is 5.73 Å². The third-order valence-corrected chi connectivity index (χ3v) is 3.77. The van der Waals surface area contributed by atoms with E-state index in [0.717, 1.165) is 25.1 Å². The Labute approximate surface area is 108 Å². The molecule has 0 aliphatic carbocycles. The Morgan fingerprint density at radius 1 is 1.33 bits per heavy atom. The molecule has 18 heavy (non-hydrogen) atoms. The van der Waals surface area contributed by atoms with Crippen molar-refractivity contribution in [3.05, 3.63) is 41.3 Å². The Kier molecular flexibility index (Phi) is 2.71. The third kappa shape index (κ3) is 1.85. The van der Waals surface area contributed by atoms with Gasteiger partial charge in [-0.1, -0.05) is 23.8 Å². The Hall–Kier alpha value is -1.61. The van der Waals surface area contributed by atoms with Crippen molar-refractivity contribution in [3.8, 4) is 11.3 Å². The third-order valence-electron chi connectivity index (χ3n) is 3.77. The largest absolute Gasteiger partial charge is 0.332 e. The topological polar surface area (TPSA) is 43.8 Å². The van der Waals surface area contributed by atoms with Crippen molar-refractivity contribution >= 4 is 0 Å². The molecule has 0 radical (unpaired) electrons. The van der Waals surface area contributed by atoms with Gasteiger partial charge in [0.05, 0.1) is 12.0 Å². The normalized spacial score (nSPS) is 18.7. The van der Waals surface area contributed by atoms with Crippen LogP contribution in [0.2, 0.25) is 0 Å². The van der Waals surface area contributed by atoms with Crippen LogP contribution in [0.4, 0.5) is 0 Å². The van der Waals surface area contributed by atoms with Crippen molar-refractivity contribution in [1.82, 2.24) is 9.55 Å². The van der Waals surface area contributed by atoms with E-state index in [1.165, 1.54) is 22.4 Å². The molecule has 3 nitrogen and oxygen atoms in total. The van der Waals surface area contributed by atoms with Crippen LogP contribution in [0.5, 0.6) is 0 Å². The molecule has 3 rings (SSSR count). The van der Waals surface area contributed by atoms with Crippen molar-refractivity contribution in [2.24, 2.45) is 5.73 Å². The number of aromatic nitrogens is 2. The number of imidazole rings is 1. The lowest BCUT2D eigenvalue weighted by molar-refractivity contribution is 0.461. The number of fused-ring (bicyclic) bond motifs is 1. The minimum atomic E-state index is 0.277. The first-order chi connectivity index (χ1) is 8.65. The quantitative estimate of drug-likeness (QED) is 0.833. The number of aryl methyl sites for hydroxylation is 2. The van der Waals surface area contributed by atoms with Gasteiger partial charge in [0.2, 0.25) is 0 Å². The zero-order valence-corrected chi connectivity index (χ0v) is 11.0. The van der Waals surface area contributed by atoms with Crippen LogP contribution in [0.25, 0.3) is 11.3 Å². The second kappa shape index (κ2) is 4.25. The number of nitrogens with zero attached hydrogens (tertiary/aromatic N) is 2. The molecule has 3 heteroatoms. The summed E-state index contributed by atoms with van der Waals surface area (Å²) in [6, 6.07) is 6.83. The predicted octanol–water partition coefficient (Wildman–Crippen LogP) is 2.44. The highest BCUT2D eigenvalue weighted by Gasteiger charge is 2.20. The molecule has 1 atom stereocenters. The molecular weight excluding hydrogens is 222 g/mol. The molecule has 0 bridgehead atoms. The van der Waals surface area contributed by atoms with E-state index >= 15 is 0 Å². The van der Waals surface area contributed by atoms with Gasteiger partial charge in [0.15, 0.2) is 0 Å². The van der Waals surface area contributed by atoms with Crippen molar-refractivity contribution in [3.63, 3.8) is 0 Å². The van der Waals surface area contributed by atoms with E-state index in [1.54, 1.807) is 0 Å². The highest BCUT2D eigenvalue weighted by Crippen LogP contribution is 2.29. The summed E-state index contributed by atoms with van der Waals surface area (Å²) < 4.78 is 2.21. The molecule has 2 aromatic rings. The zero-order valence-electron chi connectivity index (χ0n) is 11.0. The average Bonchev–Trinajstić information content (AvgIpc) is 2.72. The first kappa shape index (κ1) is 11.5. The minimum Gasteiger partial charge on any atom is -0.332 e. The first-order valence-electron chi connectivity index (χ1n) is 6.52. The van der Waals surface area contributed by atoms with E-state index < -0.39 is 0 Å². The number of hydrogen-bond acceptors (Lipinski definition) is 2. The summed E-state index contributed by atoms with van der Waals surface area (Å²) in [5, 5.41) is 0. The van der Waals surface area contributed by atoms with Gasteiger partial charge in [-0.2, -0.15) is 0 Å². The van der Waals surface area contributed by atoms with Gasteiger partial charge in [0, 0.05) is 23.8 Å². The zero-order chi connectivity index (χ0) is 12.7. The summed E-state index contributed by atoms with van der Waals surface area (Å²) in [5.74, 6) is 0. The fraction of sp³-hybridized carbons (Fsp3) is 0.400. The molecule has 2 N–H and O–H groups in total. The van der Waals surface area contributed by atoms with Gasteiger partial charge in [-0.25, -0.2) is 4.98 Å². The fourth-order valence-corrected chi connectivity index (χ4v) is 2.80. The van der Waals surface area contributed by atoms with Crippen molar-refractivity contribution in [1.29, 1.82) is 0 Å². The Balaban J connectivity index is 2.08. The fourth-order valence-electron chi connectivity index (χ4n) is 2.80. The van der Waals surface area contributed by atoms with Crippen LogP contribution in [-0.4, -0.2) is 15.6 Å². The van der Waals surface area contributed by atoms with Crippen molar-refractivity contribution in [2.75, 3.05) is 0 Å². The van der Waals surface area contributed by atoms with Crippen LogP contribution < -0.4 is 5.73 Å². The van der Waals surface area contributed by atoms with Gasteiger partial charge in [0.1, 0.15) is 0 Å². The van der Waals surface area contributed by atoms with Crippen LogP contribution in [0.15, 0.2) is 24.5 Å². The monoisotopic (exact) mass is 241 g/mol. The van der Waals surface area contributed by atoms with Gasteiger partial charge < -0.3 is 10.3 Å². The molecule has 0 fully saturated rings. The summed E-state index contributed by atoms with van der Waals surface area (Å²) in [7, 11) is 0. The lowest BCUT2D eigenvalue weighted by atomic mass is 9.98. The maximum atomic E-state index is 6.00. The molecule has 1 aromatic heterocycles. The molecule has 1 aliphatic rings. The van der Waals surface area contributed by atoms with Crippen LogP contribution in [-0.2, 0) is 13.0 Å². The van der Waals surface area contributed by atoms with Crippen LogP contribution in [0.3, 0.4) is 0 Å². The SMILES string of the molecule is Cc1ccc(-c2ncn3c2CCC(N)C3)c(C)c1. The lowest BCUT2D eigenvalue weighted by Gasteiger charge is -2.21.